The van der Waals surface area contributed by atoms with E-state index in [9.17, 15) is 19.4 Å². The van der Waals surface area contributed by atoms with Crippen molar-refractivity contribution in [2.75, 3.05) is 40.9 Å². The van der Waals surface area contributed by atoms with E-state index in [1.807, 2.05) is 27.2 Å². The molecule has 0 aliphatic heterocycles. The molecule has 8 nitrogen and oxygen atoms in total. The van der Waals surface area contributed by atoms with E-state index in [1.54, 1.807) is 6.08 Å². The van der Waals surface area contributed by atoms with Gasteiger partial charge in [-0.15, -0.1) is 0 Å². The van der Waals surface area contributed by atoms with Crippen LogP contribution in [0.4, 0.5) is 0 Å². The highest BCUT2D eigenvalue weighted by Crippen LogP contribution is 2.43. The number of likely N-dealkylation sites (N-methyl/N-ethyl adjacent to an activating group) is 1. The van der Waals surface area contributed by atoms with Gasteiger partial charge in [0.1, 0.15) is 13.2 Å². The van der Waals surface area contributed by atoms with Crippen LogP contribution in [0.25, 0.3) is 0 Å². The van der Waals surface area contributed by atoms with Crippen LogP contribution in [0.3, 0.4) is 0 Å². The molecule has 1 amide bonds. The van der Waals surface area contributed by atoms with E-state index in [4.69, 9.17) is 9.05 Å². The number of allylic oxidation sites excluding steroid dienone is 9. The van der Waals surface area contributed by atoms with Gasteiger partial charge in [-0.3, -0.25) is 13.8 Å². The van der Waals surface area contributed by atoms with Crippen molar-refractivity contribution in [2.24, 2.45) is 0 Å². The fourth-order valence-electron chi connectivity index (χ4n) is 4.99. The molecule has 3 N–H and O–H groups in total. The molecular weight excluding hydrogens is 635 g/mol. The number of amides is 1. The van der Waals surface area contributed by atoms with E-state index in [1.165, 1.54) is 57.8 Å². The Morgan fingerprint density at radius 2 is 1.14 bits per heavy atom. The molecule has 0 aliphatic rings. The molecule has 0 saturated heterocycles. The van der Waals surface area contributed by atoms with E-state index in [0.29, 0.717) is 17.4 Å². The molecule has 0 heterocycles. The number of carbonyl (C=O) groups excluding carboxylic acids is 1. The molecule has 0 aromatic heterocycles. The van der Waals surface area contributed by atoms with Crippen LogP contribution in [-0.4, -0.2) is 73.4 Å². The molecule has 0 saturated carbocycles. The summed E-state index contributed by atoms with van der Waals surface area (Å²) in [7, 11) is 1.55. The topological polar surface area (TPSA) is 105 Å². The second kappa shape index (κ2) is 32.1. The summed E-state index contributed by atoms with van der Waals surface area (Å²) in [5.74, 6) is -0.275. The molecule has 0 aromatic carbocycles. The number of nitrogens with one attached hydrogen (secondary N) is 1. The van der Waals surface area contributed by atoms with E-state index in [0.717, 1.165) is 51.4 Å². The number of hydrogen-bond acceptors (Lipinski definition) is 5. The van der Waals surface area contributed by atoms with Crippen LogP contribution in [0.2, 0.25) is 0 Å². The van der Waals surface area contributed by atoms with Gasteiger partial charge in [0.15, 0.2) is 0 Å². The largest absolute Gasteiger partial charge is 0.472 e. The highest BCUT2D eigenvalue weighted by Gasteiger charge is 2.28. The fourth-order valence-corrected chi connectivity index (χ4v) is 5.73. The van der Waals surface area contributed by atoms with E-state index < -0.39 is 20.0 Å². The zero-order valence-corrected chi connectivity index (χ0v) is 32.8. The maximum Gasteiger partial charge on any atom is 0.472 e. The van der Waals surface area contributed by atoms with Crippen molar-refractivity contribution in [1.29, 1.82) is 0 Å². The molecule has 0 bridgehead atoms. The number of phosphoric acid groups is 1. The lowest BCUT2D eigenvalue weighted by Gasteiger charge is -2.26. The third-order valence-electron chi connectivity index (χ3n) is 8.06. The minimum atomic E-state index is -4.33. The lowest BCUT2D eigenvalue weighted by Crippen LogP contribution is -2.46. The zero-order valence-electron chi connectivity index (χ0n) is 31.9. The molecule has 3 unspecified atom stereocenters. The average molecular weight is 710 g/mol. The molecule has 284 valence electrons. The lowest BCUT2D eigenvalue weighted by atomic mass is 10.0. The first-order valence-electron chi connectivity index (χ1n) is 19.2. The quantitative estimate of drug-likeness (QED) is 0.0271. The Bertz CT molecular complexity index is 986. The molecule has 49 heavy (non-hydrogen) atoms. The summed E-state index contributed by atoms with van der Waals surface area (Å²) in [5, 5.41) is 13.8. The van der Waals surface area contributed by atoms with Crippen LogP contribution in [0, 0.1) is 0 Å². The maximum absolute atomic E-state index is 12.7. The molecule has 0 aliphatic carbocycles. The Kier molecular flexibility index (Phi) is 31.0. The van der Waals surface area contributed by atoms with Crippen LogP contribution in [0.15, 0.2) is 60.8 Å². The van der Waals surface area contributed by atoms with Gasteiger partial charge >= 0.3 is 7.82 Å². The number of quaternary nitrogens is 1. The Morgan fingerprint density at radius 1 is 0.694 bits per heavy atom. The van der Waals surface area contributed by atoms with Crippen molar-refractivity contribution >= 4 is 13.7 Å². The van der Waals surface area contributed by atoms with Crippen LogP contribution >= 0.6 is 7.82 Å². The van der Waals surface area contributed by atoms with Crippen LogP contribution < -0.4 is 5.32 Å². The number of hydrogen-bond donors (Lipinski definition) is 3. The molecule has 3 atom stereocenters. The number of nitrogens with zero attached hydrogens (tertiary/aromatic N) is 1. The van der Waals surface area contributed by atoms with Crippen LogP contribution in [-0.2, 0) is 18.4 Å². The Morgan fingerprint density at radius 3 is 1.61 bits per heavy atom. The first kappa shape index (κ1) is 47.2. The number of aliphatic hydroxyl groups is 1. The van der Waals surface area contributed by atoms with Crippen molar-refractivity contribution < 1.29 is 32.9 Å². The monoisotopic (exact) mass is 710 g/mol. The molecule has 0 fully saturated rings. The number of rotatable bonds is 33. The second-order valence-corrected chi connectivity index (χ2v) is 15.4. The SMILES string of the molecule is CC/C=C\C/C=C\C/C=C\C/C=C\C/C=C\CC(=O)NC(COP(=O)(O)OCC[N+](C)(C)C)C(O)CCCCCCCCCCCCCC. The minimum Gasteiger partial charge on any atom is -0.391 e. The maximum atomic E-state index is 12.7. The Labute approximate surface area is 301 Å². The van der Waals surface area contributed by atoms with Gasteiger partial charge in [-0.1, -0.05) is 152 Å². The summed E-state index contributed by atoms with van der Waals surface area (Å²) in [5.41, 5.74) is 0. The molecular formula is C40H74N2O6P+. The first-order chi connectivity index (χ1) is 23.5. The third-order valence-corrected chi connectivity index (χ3v) is 9.04. The van der Waals surface area contributed by atoms with Gasteiger partial charge in [-0.2, -0.15) is 0 Å². The summed E-state index contributed by atoms with van der Waals surface area (Å²) < 4.78 is 23.4. The van der Waals surface area contributed by atoms with E-state index in [2.05, 4.69) is 67.8 Å². The molecule has 0 rings (SSSR count). The van der Waals surface area contributed by atoms with Crippen LogP contribution in [0.5, 0.6) is 0 Å². The van der Waals surface area contributed by atoms with Crippen molar-refractivity contribution in [3.63, 3.8) is 0 Å². The smallest absolute Gasteiger partial charge is 0.391 e. The van der Waals surface area contributed by atoms with Gasteiger partial charge in [0, 0.05) is 6.42 Å². The standard InChI is InChI=1S/C40H73N2O6P/c1-6-8-10-12-14-16-18-20-21-22-24-26-28-30-32-34-40(44)41-38(37-48-49(45,46)47-36-35-42(3,4)5)39(43)33-31-29-27-25-23-19-17-15-13-11-9-7-2/h8,10,14,16,20-21,24,26,30,32,38-39,43H,6-7,9,11-13,15,17-19,22-23,25,27-29,31,33-37H2,1-5H3,(H-,41,44,45,46)/p+1/b10-8-,16-14-,21-20-,26-24-,32-30-. The summed E-state index contributed by atoms with van der Waals surface area (Å²) >= 11 is 0. The summed E-state index contributed by atoms with van der Waals surface area (Å²) in [4.78, 5) is 22.9. The Balaban J connectivity index is 4.65. The third kappa shape index (κ3) is 34.4. The molecule has 0 radical (unpaired) electrons. The summed E-state index contributed by atoms with van der Waals surface area (Å²) in [6, 6.07) is -0.814. The second-order valence-electron chi connectivity index (χ2n) is 13.9. The fraction of sp³-hybridized carbons (Fsp3) is 0.725. The van der Waals surface area contributed by atoms with Crippen molar-refractivity contribution in [3.05, 3.63) is 60.8 Å². The number of aliphatic hydroxyl groups excluding tert-OH is 1. The minimum absolute atomic E-state index is 0.0553. The predicted octanol–water partition coefficient (Wildman–Crippen LogP) is 9.90. The number of carbonyl (C=O) groups is 1. The van der Waals surface area contributed by atoms with Gasteiger partial charge in [0.2, 0.25) is 5.91 Å². The highest BCUT2D eigenvalue weighted by molar-refractivity contribution is 7.47. The van der Waals surface area contributed by atoms with Crippen molar-refractivity contribution in [1.82, 2.24) is 5.32 Å². The van der Waals surface area contributed by atoms with Gasteiger partial charge < -0.3 is 19.8 Å². The first-order valence-corrected chi connectivity index (χ1v) is 20.6. The molecule has 0 aromatic rings. The van der Waals surface area contributed by atoms with Crippen LogP contribution in [0.1, 0.15) is 136 Å². The normalized spacial score (nSPS) is 15.3. The Hall–Kier alpha value is -1.80. The number of phosphoric ester groups is 1. The molecule has 9 heteroatoms. The summed E-state index contributed by atoms with van der Waals surface area (Å²) in [6.07, 6.45) is 39.9. The van der Waals surface area contributed by atoms with Gasteiger partial charge in [-0.25, -0.2) is 4.57 Å². The van der Waals surface area contributed by atoms with Crippen molar-refractivity contribution in [2.45, 2.75) is 148 Å². The van der Waals surface area contributed by atoms with Gasteiger partial charge in [0.05, 0.1) is 39.9 Å². The molecule has 0 spiro atoms. The summed E-state index contributed by atoms with van der Waals surface area (Å²) in [6.45, 7) is 4.66. The number of unbranched alkanes of at least 4 members (excludes halogenated alkanes) is 11. The van der Waals surface area contributed by atoms with E-state index in [-0.39, 0.29) is 25.5 Å². The zero-order chi connectivity index (χ0) is 36.5. The van der Waals surface area contributed by atoms with Gasteiger partial charge in [-0.05, 0) is 38.5 Å². The highest BCUT2D eigenvalue weighted by atomic mass is 31.2. The van der Waals surface area contributed by atoms with E-state index >= 15 is 0 Å². The predicted molar refractivity (Wildman–Crippen MR) is 207 cm³/mol. The lowest BCUT2D eigenvalue weighted by molar-refractivity contribution is -0.870. The van der Waals surface area contributed by atoms with Crippen molar-refractivity contribution in [3.8, 4) is 0 Å². The van der Waals surface area contributed by atoms with Gasteiger partial charge in [0.25, 0.3) is 0 Å². The average Bonchev–Trinajstić information content (AvgIpc) is 3.04.